The van der Waals surface area contributed by atoms with Gasteiger partial charge in [-0.1, -0.05) is 26.0 Å². The zero-order valence-electron chi connectivity index (χ0n) is 14.7. The molecule has 130 valence electrons. The van der Waals surface area contributed by atoms with Crippen LogP contribution in [0.4, 0.5) is 5.69 Å². The van der Waals surface area contributed by atoms with Crippen molar-refractivity contribution < 1.29 is 14.2 Å². The lowest BCUT2D eigenvalue weighted by atomic mass is 10.0. The van der Waals surface area contributed by atoms with Crippen molar-refractivity contribution >= 4 is 5.69 Å². The van der Waals surface area contributed by atoms with Gasteiger partial charge in [0.1, 0.15) is 17.2 Å². The van der Waals surface area contributed by atoms with E-state index in [9.17, 15) is 0 Å². The molecule has 0 heterocycles. The summed E-state index contributed by atoms with van der Waals surface area (Å²) in [5.41, 5.74) is 7.81. The van der Waals surface area contributed by atoms with Gasteiger partial charge in [-0.05, 0) is 48.6 Å². The lowest BCUT2D eigenvalue weighted by molar-refractivity contribution is 0.267. The number of unbranched alkanes of at least 4 members (excludes halogenated alkanes) is 1. The molecule has 4 heteroatoms. The standard InChI is InChI=1S/C20H27NO3/c1-15(2)16-7-6-8-18(13-16)23-11-4-5-12-24-20-10-9-17(22-3)14-19(20)21/h6-10,13-15H,4-5,11-12,21H2,1-3H3. The molecule has 2 aromatic carbocycles. The molecule has 0 aliphatic carbocycles. The van der Waals surface area contributed by atoms with Gasteiger partial charge in [0.2, 0.25) is 0 Å². The number of methoxy groups -OCH3 is 1. The van der Waals surface area contributed by atoms with Gasteiger partial charge in [-0.3, -0.25) is 0 Å². The topological polar surface area (TPSA) is 53.7 Å². The fourth-order valence-corrected chi connectivity index (χ4v) is 2.32. The molecule has 24 heavy (non-hydrogen) atoms. The summed E-state index contributed by atoms with van der Waals surface area (Å²) in [5, 5.41) is 0. The first-order valence-corrected chi connectivity index (χ1v) is 8.39. The number of nitrogens with two attached hydrogens (primary N) is 1. The average Bonchev–Trinajstić information content (AvgIpc) is 2.59. The predicted molar refractivity (Wildman–Crippen MR) is 98.2 cm³/mol. The van der Waals surface area contributed by atoms with Gasteiger partial charge in [-0.15, -0.1) is 0 Å². The third kappa shape index (κ3) is 5.37. The van der Waals surface area contributed by atoms with Crippen LogP contribution in [0.2, 0.25) is 0 Å². The third-order valence-corrected chi connectivity index (χ3v) is 3.81. The largest absolute Gasteiger partial charge is 0.497 e. The summed E-state index contributed by atoms with van der Waals surface area (Å²) >= 11 is 0. The summed E-state index contributed by atoms with van der Waals surface area (Å²) in [5.74, 6) is 2.87. The number of ether oxygens (including phenoxy) is 3. The normalized spacial score (nSPS) is 10.7. The highest BCUT2D eigenvalue weighted by Crippen LogP contribution is 2.26. The van der Waals surface area contributed by atoms with Crippen molar-refractivity contribution in [1.82, 2.24) is 0 Å². The second-order valence-corrected chi connectivity index (χ2v) is 6.03. The van der Waals surface area contributed by atoms with E-state index in [0.29, 0.717) is 30.6 Å². The first-order valence-electron chi connectivity index (χ1n) is 8.39. The maximum absolute atomic E-state index is 5.92. The lowest BCUT2D eigenvalue weighted by Gasteiger charge is -2.11. The van der Waals surface area contributed by atoms with E-state index >= 15 is 0 Å². The van der Waals surface area contributed by atoms with Crippen LogP contribution in [0.15, 0.2) is 42.5 Å². The van der Waals surface area contributed by atoms with Gasteiger partial charge in [-0.2, -0.15) is 0 Å². The maximum Gasteiger partial charge on any atom is 0.142 e. The van der Waals surface area contributed by atoms with Crippen molar-refractivity contribution in [2.75, 3.05) is 26.1 Å². The van der Waals surface area contributed by atoms with Crippen LogP contribution in [0, 0.1) is 0 Å². The van der Waals surface area contributed by atoms with Crippen LogP contribution in [-0.4, -0.2) is 20.3 Å². The number of nitrogen functional groups attached to an aromatic ring is 1. The highest BCUT2D eigenvalue weighted by molar-refractivity contribution is 5.56. The molecule has 0 amide bonds. The summed E-state index contributed by atoms with van der Waals surface area (Å²) in [4.78, 5) is 0. The number of rotatable bonds is 9. The van der Waals surface area contributed by atoms with Gasteiger partial charge in [0, 0.05) is 6.07 Å². The SMILES string of the molecule is COc1ccc(OCCCCOc2cccc(C(C)C)c2)c(N)c1. The van der Waals surface area contributed by atoms with Crippen LogP contribution in [0.25, 0.3) is 0 Å². The van der Waals surface area contributed by atoms with E-state index in [2.05, 4.69) is 26.0 Å². The van der Waals surface area contributed by atoms with E-state index in [4.69, 9.17) is 19.9 Å². The molecule has 0 fully saturated rings. The van der Waals surface area contributed by atoms with E-state index in [1.807, 2.05) is 24.3 Å². The van der Waals surface area contributed by atoms with Gasteiger partial charge in [-0.25, -0.2) is 0 Å². The molecule has 2 rings (SSSR count). The van der Waals surface area contributed by atoms with Gasteiger partial charge in [0.25, 0.3) is 0 Å². The highest BCUT2D eigenvalue weighted by atomic mass is 16.5. The lowest BCUT2D eigenvalue weighted by Crippen LogP contribution is -2.04. The van der Waals surface area contributed by atoms with Crippen LogP contribution in [0.1, 0.15) is 38.2 Å². The predicted octanol–water partition coefficient (Wildman–Crippen LogP) is 4.64. The van der Waals surface area contributed by atoms with Crippen molar-refractivity contribution in [2.45, 2.75) is 32.6 Å². The van der Waals surface area contributed by atoms with E-state index in [1.165, 1.54) is 5.56 Å². The summed E-state index contributed by atoms with van der Waals surface area (Å²) < 4.78 is 16.6. The molecule has 0 aliphatic rings. The second kappa shape index (κ2) is 9.06. The van der Waals surface area contributed by atoms with Gasteiger partial charge >= 0.3 is 0 Å². The molecule has 0 aromatic heterocycles. The molecule has 0 radical (unpaired) electrons. The van der Waals surface area contributed by atoms with E-state index < -0.39 is 0 Å². The monoisotopic (exact) mass is 329 g/mol. The Morgan fingerprint density at radius 1 is 0.917 bits per heavy atom. The van der Waals surface area contributed by atoms with Crippen molar-refractivity contribution in [3.63, 3.8) is 0 Å². The second-order valence-electron chi connectivity index (χ2n) is 6.03. The van der Waals surface area contributed by atoms with Crippen molar-refractivity contribution in [3.05, 3.63) is 48.0 Å². The molecular weight excluding hydrogens is 302 g/mol. The van der Waals surface area contributed by atoms with Gasteiger partial charge in [0.15, 0.2) is 0 Å². The number of hydrogen-bond acceptors (Lipinski definition) is 4. The minimum Gasteiger partial charge on any atom is -0.497 e. The smallest absolute Gasteiger partial charge is 0.142 e. The highest BCUT2D eigenvalue weighted by Gasteiger charge is 2.03. The molecule has 0 aliphatic heterocycles. The number of hydrogen-bond donors (Lipinski definition) is 1. The van der Waals surface area contributed by atoms with Crippen LogP contribution >= 0.6 is 0 Å². The Morgan fingerprint density at radius 2 is 1.67 bits per heavy atom. The zero-order chi connectivity index (χ0) is 17.4. The van der Waals surface area contributed by atoms with Crippen LogP contribution in [0.5, 0.6) is 17.2 Å². The molecule has 2 N–H and O–H groups in total. The third-order valence-electron chi connectivity index (χ3n) is 3.81. The Kier molecular flexibility index (Phi) is 6.79. The first-order chi connectivity index (χ1) is 11.6. The van der Waals surface area contributed by atoms with Crippen LogP contribution in [-0.2, 0) is 0 Å². The van der Waals surface area contributed by atoms with Crippen molar-refractivity contribution in [3.8, 4) is 17.2 Å². The molecule has 4 nitrogen and oxygen atoms in total. The number of anilines is 1. The van der Waals surface area contributed by atoms with Crippen molar-refractivity contribution in [1.29, 1.82) is 0 Å². The Balaban J connectivity index is 1.67. The summed E-state index contributed by atoms with van der Waals surface area (Å²) in [6, 6.07) is 13.7. The van der Waals surface area contributed by atoms with Crippen LogP contribution < -0.4 is 19.9 Å². The minimum atomic E-state index is 0.511. The summed E-state index contributed by atoms with van der Waals surface area (Å²) in [7, 11) is 1.62. The molecule has 0 spiro atoms. The fraction of sp³-hybridized carbons (Fsp3) is 0.400. The molecule has 0 saturated carbocycles. The van der Waals surface area contributed by atoms with Gasteiger partial charge in [0.05, 0.1) is 26.0 Å². The summed E-state index contributed by atoms with van der Waals surface area (Å²) in [6.07, 6.45) is 1.84. The Bertz CT molecular complexity index is 641. The quantitative estimate of drug-likeness (QED) is 0.538. The molecule has 0 saturated heterocycles. The first kappa shape index (κ1) is 18.0. The fourth-order valence-electron chi connectivity index (χ4n) is 2.32. The maximum atomic E-state index is 5.92. The minimum absolute atomic E-state index is 0.511. The van der Waals surface area contributed by atoms with Gasteiger partial charge < -0.3 is 19.9 Å². The van der Waals surface area contributed by atoms with Crippen LogP contribution in [0.3, 0.4) is 0 Å². The Morgan fingerprint density at radius 3 is 2.33 bits per heavy atom. The number of benzene rings is 2. The molecular formula is C20H27NO3. The zero-order valence-corrected chi connectivity index (χ0v) is 14.7. The summed E-state index contributed by atoms with van der Waals surface area (Å²) in [6.45, 7) is 5.66. The van der Waals surface area contributed by atoms with Crippen molar-refractivity contribution in [2.24, 2.45) is 0 Å². The van der Waals surface area contributed by atoms with E-state index in [0.717, 1.165) is 24.3 Å². The molecule has 0 atom stereocenters. The average molecular weight is 329 g/mol. The van der Waals surface area contributed by atoms with E-state index in [1.54, 1.807) is 13.2 Å². The Labute approximate surface area is 144 Å². The van der Waals surface area contributed by atoms with E-state index in [-0.39, 0.29) is 0 Å². The molecule has 0 unspecified atom stereocenters. The molecule has 2 aromatic rings. The Hall–Kier alpha value is -2.36. The molecule has 0 bridgehead atoms.